The Labute approximate surface area is 120 Å². The summed E-state index contributed by atoms with van der Waals surface area (Å²) < 4.78 is 2.04. The van der Waals surface area contributed by atoms with Gasteiger partial charge in [0.15, 0.2) is 0 Å². The largest absolute Gasteiger partial charge is 0.295 e. The molecule has 1 aliphatic rings. The fourth-order valence-corrected chi connectivity index (χ4v) is 3.03. The van der Waals surface area contributed by atoms with Gasteiger partial charge in [0.2, 0.25) is 0 Å². The number of aryl methyl sites for hydroxylation is 2. The van der Waals surface area contributed by atoms with Crippen LogP contribution in [0.15, 0.2) is 36.8 Å². The Kier molecular flexibility index (Phi) is 4.11. The van der Waals surface area contributed by atoms with Crippen molar-refractivity contribution in [2.75, 3.05) is 13.1 Å². The van der Waals surface area contributed by atoms with Crippen molar-refractivity contribution < 1.29 is 0 Å². The van der Waals surface area contributed by atoms with Crippen molar-refractivity contribution in [1.29, 1.82) is 0 Å². The Hall–Kier alpha value is -1.68. The molecule has 1 saturated heterocycles. The molecule has 1 fully saturated rings. The number of hydrogen-bond acceptors (Lipinski definition) is 3. The lowest BCUT2D eigenvalue weighted by Crippen LogP contribution is -2.25. The minimum Gasteiger partial charge on any atom is -0.295 e. The van der Waals surface area contributed by atoms with Gasteiger partial charge in [-0.1, -0.05) is 6.07 Å². The number of likely N-dealkylation sites (tertiary alicyclic amines) is 1. The van der Waals surface area contributed by atoms with E-state index < -0.39 is 0 Å². The first-order chi connectivity index (χ1) is 9.83. The van der Waals surface area contributed by atoms with Crippen LogP contribution in [0.3, 0.4) is 0 Å². The Morgan fingerprint density at radius 2 is 2.25 bits per heavy atom. The normalized spacial score (nSPS) is 19.6. The topological polar surface area (TPSA) is 34.0 Å². The third-order valence-corrected chi connectivity index (χ3v) is 3.99. The Bertz CT molecular complexity index is 534. The monoisotopic (exact) mass is 270 g/mol. The van der Waals surface area contributed by atoms with E-state index in [1.165, 1.54) is 30.6 Å². The van der Waals surface area contributed by atoms with E-state index in [4.69, 9.17) is 0 Å². The molecule has 2 aromatic heterocycles. The van der Waals surface area contributed by atoms with Crippen molar-refractivity contribution in [2.45, 2.75) is 38.8 Å². The molecule has 4 heteroatoms. The molecule has 0 aromatic carbocycles. The highest BCUT2D eigenvalue weighted by molar-refractivity contribution is 5.10. The fourth-order valence-electron chi connectivity index (χ4n) is 3.03. The first kappa shape index (κ1) is 13.3. The zero-order valence-corrected chi connectivity index (χ0v) is 12.1. The lowest BCUT2D eigenvalue weighted by molar-refractivity contribution is 0.244. The van der Waals surface area contributed by atoms with Gasteiger partial charge in [-0.05, 0) is 50.4 Å². The molecule has 0 radical (unpaired) electrons. The number of pyridine rings is 1. The summed E-state index contributed by atoms with van der Waals surface area (Å²) in [5, 5.41) is 4.34. The van der Waals surface area contributed by atoms with Gasteiger partial charge in [-0.2, -0.15) is 5.10 Å². The maximum absolute atomic E-state index is 4.52. The first-order valence-electron chi connectivity index (χ1n) is 7.47. The zero-order chi connectivity index (χ0) is 13.8. The average Bonchev–Trinajstić information content (AvgIpc) is 3.09. The van der Waals surface area contributed by atoms with E-state index in [1.54, 1.807) is 0 Å². The predicted octanol–water partition coefficient (Wildman–Crippen LogP) is 2.81. The van der Waals surface area contributed by atoms with Crippen molar-refractivity contribution in [1.82, 2.24) is 19.7 Å². The highest BCUT2D eigenvalue weighted by Gasteiger charge is 2.26. The number of hydrogen-bond donors (Lipinski definition) is 0. The van der Waals surface area contributed by atoms with Crippen molar-refractivity contribution in [3.8, 4) is 0 Å². The van der Waals surface area contributed by atoms with Gasteiger partial charge >= 0.3 is 0 Å². The van der Waals surface area contributed by atoms with E-state index in [1.807, 2.05) is 23.1 Å². The van der Waals surface area contributed by atoms with E-state index >= 15 is 0 Å². The van der Waals surface area contributed by atoms with Crippen LogP contribution >= 0.6 is 0 Å². The van der Waals surface area contributed by atoms with Crippen LogP contribution in [0, 0.1) is 6.92 Å². The summed E-state index contributed by atoms with van der Waals surface area (Å²) in [4.78, 5) is 7.09. The molecule has 0 saturated carbocycles. The molecule has 0 unspecified atom stereocenters. The highest BCUT2D eigenvalue weighted by atomic mass is 15.3. The molecule has 0 N–H and O–H groups in total. The summed E-state index contributed by atoms with van der Waals surface area (Å²) in [7, 11) is 0. The molecule has 3 heterocycles. The Morgan fingerprint density at radius 1 is 1.30 bits per heavy atom. The van der Waals surface area contributed by atoms with Crippen LogP contribution in [0.2, 0.25) is 0 Å². The van der Waals surface area contributed by atoms with Crippen LogP contribution in [-0.2, 0) is 6.54 Å². The molecule has 0 aliphatic carbocycles. The number of aromatic nitrogens is 3. The molecule has 0 amide bonds. The molecule has 106 valence electrons. The first-order valence-corrected chi connectivity index (χ1v) is 7.47. The van der Waals surface area contributed by atoms with Gasteiger partial charge in [0.1, 0.15) is 0 Å². The summed E-state index contributed by atoms with van der Waals surface area (Å²) in [5.74, 6) is 0. The second-order valence-corrected chi connectivity index (χ2v) is 5.58. The van der Waals surface area contributed by atoms with Gasteiger partial charge in [-0.15, -0.1) is 0 Å². The smallest absolute Gasteiger partial charge is 0.0575 e. The van der Waals surface area contributed by atoms with Gasteiger partial charge in [0, 0.05) is 25.5 Å². The second kappa shape index (κ2) is 6.18. The lowest BCUT2D eigenvalue weighted by atomic mass is 10.1. The standard InChI is InChI=1S/C16H22N4/c1-14-12-18-20(13-14)11-5-10-19-9-4-7-16(19)15-6-2-3-8-17-15/h2-3,6,8,12-13,16H,4-5,7,9-11H2,1H3/t16-/m0/s1. The molecular formula is C16H22N4. The van der Waals surface area contributed by atoms with Crippen LogP contribution in [0.5, 0.6) is 0 Å². The van der Waals surface area contributed by atoms with Crippen LogP contribution in [0.25, 0.3) is 0 Å². The van der Waals surface area contributed by atoms with E-state index in [0.29, 0.717) is 6.04 Å². The molecule has 1 atom stereocenters. The SMILES string of the molecule is Cc1cnn(CCCN2CCC[C@H]2c2ccccn2)c1. The van der Waals surface area contributed by atoms with Crippen LogP contribution in [0.1, 0.15) is 36.6 Å². The minimum atomic E-state index is 0.510. The third kappa shape index (κ3) is 3.07. The Morgan fingerprint density at radius 3 is 3.00 bits per heavy atom. The van der Waals surface area contributed by atoms with E-state index in [9.17, 15) is 0 Å². The fraction of sp³-hybridized carbons (Fsp3) is 0.500. The van der Waals surface area contributed by atoms with E-state index in [2.05, 4.69) is 40.2 Å². The summed E-state index contributed by atoms with van der Waals surface area (Å²) >= 11 is 0. The van der Waals surface area contributed by atoms with Crippen molar-refractivity contribution in [3.63, 3.8) is 0 Å². The minimum absolute atomic E-state index is 0.510. The molecule has 3 rings (SSSR count). The maximum Gasteiger partial charge on any atom is 0.0575 e. The van der Waals surface area contributed by atoms with Crippen LogP contribution in [-0.4, -0.2) is 32.8 Å². The summed E-state index contributed by atoms with van der Waals surface area (Å²) in [5.41, 5.74) is 2.46. The van der Waals surface area contributed by atoms with Gasteiger partial charge in [0.25, 0.3) is 0 Å². The number of nitrogens with zero attached hydrogens (tertiary/aromatic N) is 4. The second-order valence-electron chi connectivity index (χ2n) is 5.58. The average molecular weight is 270 g/mol. The molecule has 20 heavy (non-hydrogen) atoms. The highest BCUT2D eigenvalue weighted by Crippen LogP contribution is 2.30. The van der Waals surface area contributed by atoms with Gasteiger partial charge in [0.05, 0.1) is 17.9 Å². The number of rotatable bonds is 5. The summed E-state index contributed by atoms with van der Waals surface area (Å²) in [6.45, 7) is 5.40. The molecular weight excluding hydrogens is 248 g/mol. The van der Waals surface area contributed by atoms with Gasteiger partial charge in [-0.3, -0.25) is 14.6 Å². The molecule has 2 aromatic rings. The quantitative estimate of drug-likeness (QED) is 0.838. The van der Waals surface area contributed by atoms with Gasteiger partial charge < -0.3 is 0 Å². The van der Waals surface area contributed by atoms with Crippen molar-refractivity contribution in [3.05, 3.63) is 48.0 Å². The van der Waals surface area contributed by atoms with Crippen LogP contribution < -0.4 is 0 Å². The molecule has 0 bridgehead atoms. The summed E-state index contributed by atoms with van der Waals surface area (Å²) in [6.07, 6.45) is 9.59. The maximum atomic E-state index is 4.52. The van der Waals surface area contributed by atoms with E-state index in [-0.39, 0.29) is 0 Å². The van der Waals surface area contributed by atoms with Crippen molar-refractivity contribution in [2.24, 2.45) is 0 Å². The third-order valence-electron chi connectivity index (χ3n) is 3.99. The molecule has 1 aliphatic heterocycles. The molecule has 0 spiro atoms. The Balaban J connectivity index is 1.54. The lowest BCUT2D eigenvalue weighted by Gasteiger charge is -2.23. The molecule has 4 nitrogen and oxygen atoms in total. The van der Waals surface area contributed by atoms with Crippen molar-refractivity contribution >= 4 is 0 Å². The summed E-state index contributed by atoms with van der Waals surface area (Å²) in [6, 6.07) is 6.74. The zero-order valence-electron chi connectivity index (χ0n) is 12.1. The van der Waals surface area contributed by atoms with Crippen LogP contribution in [0.4, 0.5) is 0 Å². The van der Waals surface area contributed by atoms with Gasteiger partial charge in [-0.25, -0.2) is 0 Å². The predicted molar refractivity (Wildman–Crippen MR) is 79.4 cm³/mol. The van der Waals surface area contributed by atoms with E-state index in [0.717, 1.165) is 19.5 Å².